The minimum absolute atomic E-state index is 0.0864. The number of nitro groups is 1. The van der Waals surface area contributed by atoms with E-state index in [1.165, 1.54) is 35.6 Å². The van der Waals surface area contributed by atoms with Crippen molar-refractivity contribution in [2.75, 3.05) is 5.43 Å². The smallest absolute Gasteiger partial charge is 0.343 e. The van der Waals surface area contributed by atoms with Crippen LogP contribution in [0.1, 0.15) is 21.6 Å². The molecule has 0 saturated carbocycles. The van der Waals surface area contributed by atoms with Gasteiger partial charge in [-0.15, -0.1) is 11.3 Å². The van der Waals surface area contributed by atoms with E-state index < -0.39 is 10.9 Å². The van der Waals surface area contributed by atoms with Crippen molar-refractivity contribution in [1.29, 1.82) is 0 Å². The van der Waals surface area contributed by atoms with Crippen LogP contribution in [0, 0.1) is 17.0 Å². The van der Waals surface area contributed by atoms with Crippen molar-refractivity contribution < 1.29 is 14.5 Å². The van der Waals surface area contributed by atoms with Crippen LogP contribution in [-0.2, 0) is 0 Å². The maximum Gasteiger partial charge on any atom is 0.343 e. The number of anilines is 1. The van der Waals surface area contributed by atoms with Crippen LogP contribution in [0.25, 0.3) is 0 Å². The number of nitro benzene ring substituents is 1. The van der Waals surface area contributed by atoms with Crippen LogP contribution in [-0.4, -0.2) is 22.1 Å². The molecule has 0 spiro atoms. The Morgan fingerprint density at radius 2 is 1.93 bits per heavy atom. The van der Waals surface area contributed by atoms with Crippen molar-refractivity contribution >= 4 is 34.3 Å². The second kappa shape index (κ2) is 8.19. The Labute approximate surface area is 158 Å². The molecule has 0 atom stereocenters. The van der Waals surface area contributed by atoms with Crippen LogP contribution in [0.3, 0.4) is 0 Å². The zero-order valence-electron chi connectivity index (χ0n) is 14.2. The Kier molecular flexibility index (Phi) is 5.53. The first kappa shape index (κ1) is 18.2. The van der Waals surface area contributed by atoms with E-state index in [0.717, 1.165) is 11.3 Å². The molecule has 0 aliphatic rings. The lowest BCUT2D eigenvalue weighted by molar-refractivity contribution is -0.384. The van der Waals surface area contributed by atoms with Gasteiger partial charge in [0.1, 0.15) is 5.75 Å². The minimum atomic E-state index is -0.591. The lowest BCUT2D eigenvalue weighted by atomic mass is 10.2. The van der Waals surface area contributed by atoms with Gasteiger partial charge in [0, 0.05) is 17.5 Å². The molecule has 0 amide bonds. The highest BCUT2D eigenvalue weighted by Gasteiger charge is 2.11. The summed E-state index contributed by atoms with van der Waals surface area (Å²) in [5.41, 5.74) is 4.72. The summed E-state index contributed by atoms with van der Waals surface area (Å²) in [4.78, 5) is 26.4. The van der Waals surface area contributed by atoms with Crippen LogP contribution in [0.2, 0.25) is 0 Å². The molecule has 9 heteroatoms. The van der Waals surface area contributed by atoms with Gasteiger partial charge in [-0.1, -0.05) is 0 Å². The Hall–Kier alpha value is -3.59. The number of hydrogen-bond acceptors (Lipinski definition) is 8. The third-order valence-electron chi connectivity index (χ3n) is 3.40. The van der Waals surface area contributed by atoms with Crippen LogP contribution in [0.15, 0.2) is 59.0 Å². The standard InChI is InChI=1S/C18H14N4O4S/c1-12-11-27-18(20-12)21-19-10-13-2-8-16(9-3-13)26-17(23)14-4-6-15(7-5-14)22(24)25/h2-11H,1H3,(H,20,21)/b19-10-. The molecular formula is C18H14N4O4S. The molecule has 0 aliphatic carbocycles. The van der Waals surface area contributed by atoms with Gasteiger partial charge in [-0.25, -0.2) is 9.78 Å². The van der Waals surface area contributed by atoms with Crippen molar-refractivity contribution in [3.05, 3.63) is 80.8 Å². The monoisotopic (exact) mass is 382 g/mol. The van der Waals surface area contributed by atoms with Gasteiger partial charge < -0.3 is 4.74 Å². The number of hydrazone groups is 1. The van der Waals surface area contributed by atoms with Crippen LogP contribution < -0.4 is 10.2 Å². The number of thiazole rings is 1. The maximum absolute atomic E-state index is 12.1. The molecule has 0 saturated heterocycles. The summed E-state index contributed by atoms with van der Waals surface area (Å²) in [6.45, 7) is 1.90. The molecular weight excluding hydrogens is 368 g/mol. The zero-order valence-corrected chi connectivity index (χ0v) is 15.0. The summed E-state index contributed by atoms with van der Waals surface area (Å²) >= 11 is 1.46. The largest absolute Gasteiger partial charge is 0.423 e. The summed E-state index contributed by atoms with van der Waals surface area (Å²) in [6.07, 6.45) is 1.62. The molecule has 0 aliphatic heterocycles. The van der Waals surface area contributed by atoms with Crippen molar-refractivity contribution in [2.24, 2.45) is 5.10 Å². The fraction of sp³-hybridized carbons (Fsp3) is 0.0556. The van der Waals surface area contributed by atoms with Gasteiger partial charge in [-0.3, -0.25) is 15.5 Å². The topological polar surface area (TPSA) is 107 Å². The molecule has 27 heavy (non-hydrogen) atoms. The van der Waals surface area contributed by atoms with Gasteiger partial charge >= 0.3 is 5.97 Å². The van der Waals surface area contributed by atoms with Crippen molar-refractivity contribution in [3.63, 3.8) is 0 Å². The number of aryl methyl sites for hydroxylation is 1. The number of nitrogens with one attached hydrogen (secondary N) is 1. The van der Waals surface area contributed by atoms with E-state index in [2.05, 4.69) is 15.5 Å². The molecule has 0 bridgehead atoms. The fourth-order valence-electron chi connectivity index (χ4n) is 2.07. The van der Waals surface area contributed by atoms with E-state index >= 15 is 0 Å². The fourth-order valence-corrected chi connectivity index (χ4v) is 2.71. The number of hydrogen-bond donors (Lipinski definition) is 1. The SMILES string of the molecule is Cc1csc(N/N=C\c2ccc(OC(=O)c3ccc([N+](=O)[O-])cc3)cc2)n1. The number of ether oxygens (including phenoxy) is 1. The van der Waals surface area contributed by atoms with E-state index in [1.54, 1.807) is 30.5 Å². The lowest BCUT2D eigenvalue weighted by Gasteiger charge is -2.04. The summed E-state index contributed by atoms with van der Waals surface area (Å²) in [5, 5.41) is 17.4. The second-order valence-corrected chi connectivity index (χ2v) is 6.28. The Bertz CT molecular complexity index is 981. The highest BCUT2D eigenvalue weighted by atomic mass is 32.1. The average Bonchev–Trinajstić information content (AvgIpc) is 3.08. The molecule has 2 aromatic carbocycles. The molecule has 3 rings (SSSR count). The summed E-state index contributed by atoms with van der Waals surface area (Å²) < 4.78 is 5.26. The highest BCUT2D eigenvalue weighted by Crippen LogP contribution is 2.17. The first-order valence-electron chi connectivity index (χ1n) is 7.79. The maximum atomic E-state index is 12.1. The van der Waals surface area contributed by atoms with Crippen LogP contribution in [0.5, 0.6) is 5.75 Å². The number of non-ortho nitro benzene ring substituents is 1. The second-order valence-electron chi connectivity index (χ2n) is 5.43. The minimum Gasteiger partial charge on any atom is -0.423 e. The number of aromatic nitrogens is 1. The van der Waals surface area contributed by atoms with Gasteiger partial charge in [-0.05, 0) is 48.9 Å². The van der Waals surface area contributed by atoms with Gasteiger partial charge in [-0.2, -0.15) is 5.10 Å². The first-order chi connectivity index (χ1) is 13.0. The normalized spacial score (nSPS) is 10.7. The number of esters is 1. The van der Waals surface area contributed by atoms with Crippen LogP contribution in [0.4, 0.5) is 10.8 Å². The molecule has 136 valence electrons. The molecule has 1 heterocycles. The van der Waals surface area contributed by atoms with E-state index in [0.29, 0.717) is 10.9 Å². The van der Waals surface area contributed by atoms with E-state index in [-0.39, 0.29) is 11.3 Å². The molecule has 8 nitrogen and oxygen atoms in total. The lowest BCUT2D eigenvalue weighted by Crippen LogP contribution is -2.08. The van der Waals surface area contributed by atoms with E-state index in [4.69, 9.17) is 4.74 Å². The number of rotatable bonds is 6. The highest BCUT2D eigenvalue weighted by molar-refractivity contribution is 7.13. The van der Waals surface area contributed by atoms with Crippen molar-refractivity contribution in [2.45, 2.75) is 6.92 Å². The quantitative estimate of drug-likeness (QED) is 0.227. The van der Waals surface area contributed by atoms with Crippen LogP contribution >= 0.6 is 11.3 Å². The summed E-state index contributed by atoms with van der Waals surface area (Å²) in [6, 6.07) is 12.0. The molecule has 1 N–H and O–H groups in total. The Morgan fingerprint density at radius 1 is 1.22 bits per heavy atom. The van der Waals surface area contributed by atoms with E-state index in [1.807, 2.05) is 12.3 Å². The Morgan fingerprint density at radius 3 is 2.52 bits per heavy atom. The van der Waals surface area contributed by atoms with E-state index in [9.17, 15) is 14.9 Å². The van der Waals surface area contributed by atoms with Gasteiger partial charge in [0.25, 0.3) is 5.69 Å². The van der Waals surface area contributed by atoms with Crippen molar-refractivity contribution in [3.8, 4) is 5.75 Å². The molecule has 0 radical (unpaired) electrons. The predicted octanol–water partition coefficient (Wildman–Crippen LogP) is 4.02. The number of carbonyl (C=O) groups excluding carboxylic acids is 1. The summed E-state index contributed by atoms with van der Waals surface area (Å²) in [5.74, 6) is -0.230. The number of carbonyl (C=O) groups is 1. The number of nitrogens with zero attached hydrogens (tertiary/aromatic N) is 3. The third kappa shape index (κ3) is 4.95. The first-order valence-corrected chi connectivity index (χ1v) is 8.67. The summed E-state index contributed by atoms with van der Waals surface area (Å²) in [7, 11) is 0. The molecule has 3 aromatic rings. The average molecular weight is 382 g/mol. The third-order valence-corrected chi connectivity index (χ3v) is 4.26. The number of benzene rings is 2. The molecule has 0 fully saturated rings. The molecule has 1 aromatic heterocycles. The predicted molar refractivity (Wildman–Crippen MR) is 103 cm³/mol. The zero-order chi connectivity index (χ0) is 19.2. The van der Waals surface area contributed by atoms with Crippen molar-refractivity contribution in [1.82, 2.24) is 4.98 Å². The van der Waals surface area contributed by atoms with Gasteiger partial charge in [0.2, 0.25) is 5.13 Å². The molecule has 0 unspecified atom stereocenters. The van der Waals surface area contributed by atoms with Gasteiger partial charge in [0.05, 0.1) is 22.4 Å². The Balaban J connectivity index is 1.58. The van der Waals surface area contributed by atoms with Gasteiger partial charge in [0.15, 0.2) is 0 Å².